The highest BCUT2D eigenvalue weighted by Gasteiger charge is 2.53. The summed E-state index contributed by atoms with van der Waals surface area (Å²) in [5.41, 5.74) is 4.98. The SMILES string of the molecule is c1cc2c(cc1CNCC1(C3CC3)CC1)NCC2. The van der Waals surface area contributed by atoms with Gasteiger partial charge in [0.2, 0.25) is 0 Å². The molecule has 2 fully saturated rings. The van der Waals surface area contributed by atoms with Crippen LogP contribution in [0.5, 0.6) is 0 Å². The third-order valence-electron chi connectivity index (χ3n) is 5.03. The molecule has 4 rings (SSSR count). The molecule has 0 radical (unpaired) electrons. The molecule has 1 aliphatic heterocycles. The second-order valence-electron chi connectivity index (χ2n) is 6.41. The van der Waals surface area contributed by atoms with Crippen molar-refractivity contribution in [3.05, 3.63) is 29.3 Å². The smallest absolute Gasteiger partial charge is 0.0376 e. The lowest BCUT2D eigenvalue weighted by molar-refractivity contribution is 0.403. The number of rotatable bonds is 5. The fraction of sp³-hybridized carbons (Fsp3) is 0.625. The third-order valence-corrected chi connectivity index (χ3v) is 5.03. The first-order valence-electron chi connectivity index (χ1n) is 7.42. The van der Waals surface area contributed by atoms with Crippen LogP contribution in [0.15, 0.2) is 18.2 Å². The predicted molar refractivity (Wildman–Crippen MR) is 74.7 cm³/mol. The minimum atomic E-state index is 0.717. The molecule has 2 saturated carbocycles. The van der Waals surface area contributed by atoms with E-state index in [2.05, 4.69) is 28.8 Å². The van der Waals surface area contributed by atoms with Gasteiger partial charge in [0.25, 0.3) is 0 Å². The molecule has 0 amide bonds. The standard InChI is InChI=1S/C16H22N2/c1-2-13-5-8-18-15(13)9-12(1)10-17-11-16(6-7-16)14-3-4-14/h1-2,9,14,17-18H,3-8,10-11H2. The van der Waals surface area contributed by atoms with Crippen LogP contribution in [0, 0.1) is 11.3 Å². The van der Waals surface area contributed by atoms with Crippen LogP contribution in [0.2, 0.25) is 0 Å². The zero-order chi connectivity index (χ0) is 12.0. The van der Waals surface area contributed by atoms with Crippen LogP contribution in [0.3, 0.4) is 0 Å². The Morgan fingerprint density at radius 3 is 2.94 bits per heavy atom. The van der Waals surface area contributed by atoms with Crippen molar-refractivity contribution in [3.8, 4) is 0 Å². The van der Waals surface area contributed by atoms with E-state index in [4.69, 9.17) is 0 Å². The monoisotopic (exact) mass is 242 g/mol. The van der Waals surface area contributed by atoms with E-state index in [0.717, 1.165) is 24.4 Å². The van der Waals surface area contributed by atoms with Gasteiger partial charge in [-0.3, -0.25) is 0 Å². The molecule has 96 valence electrons. The molecule has 0 bridgehead atoms. The van der Waals surface area contributed by atoms with E-state index >= 15 is 0 Å². The molecule has 0 atom stereocenters. The normalized spacial score (nSPS) is 23.6. The summed E-state index contributed by atoms with van der Waals surface area (Å²) in [5, 5.41) is 7.15. The molecule has 0 unspecified atom stereocenters. The predicted octanol–water partition coefficient (Wildman–Crippen LogP) is 2.93. The van der Waals surface area contributed by atoms with Gasteiger partial charge in [0.1, 0.15) is 0 Å². The lowest BCUT2D eigenvalue weighted by Crippen LogP contribution is -2.25. The summed E-state index contributed by atoms with van der Waals surface area (Å²) < 4.78 is 0. The molecule has 2 aliphatic carbocycles. The Bertz CT molecular complexity index is 458. The number of benzene rings is 1. The van der Waals surface area contributed by atoms with Gasteiger partial charge in [-0.05, 0) is 60.6 Å². The Kier molecular flexibility index (Phi) is 2.41. The van der Waals surface area contributed by atoms with E-state index in [0.29, 0.717) is 0 Å². The lowest BCUT2D eigenvalue weighted by Gasteiger charge is -2.15. The van der Waals surface area contributed by atoms with Crippen LogP contribution in [-0.2, 0) is 13.0 Å². The second-order valence-corrected chi connectivity index (χ2v) is 6.41. The number of hydrogen-bond donors (Lipinski definition) is 2. The van der Waals surface area contributed by atoms with Gasteiger partial charge < -0.3 is 10.6 Å². The summed E-state index contributed by atoms with van der Waals surface area (Å²) in [7, 11) is 0. The molecule has 1 heterocycles. The van der Waals surface area contributed by atoms with Crippen molar-refractivity contribution in [3.63, 3.8) is 0 Å². The molecule has 1 aromatic carbocycles. The van der Waals surface area contributed by atoms with Gasteiger partial charge in [-0.15, -0.1) is 0 Å². The summed E-state index contributed by atoms with van der Waals surface area (Å²) >= 11 is 0. The highest BCUT2D eigenvalue weighted by atomic mass is 14.9. The Morgan fingerprint density at radius 1 is 1.28 bits per heavy atom. The van der Waals surface area contributed by atoms with Crippen molar-refractivity contribution in [1.29, 1.82) is 0 Å². The molecule has 0 saturated heterocycles. The number of hydrogen-bond acceptors (Lipinski definition) is 2. The molecule has 2 nitrogen and oxygen atoms in total. The van der Waals surface area contributed by atoms with Gasteiger partial charge in [0, 0.05) is 25.3 Å². The van der Waals surface area contributed by atoms with Crippen molar-refractivity contribution < 1.29 is 0 Å². The van der Waals surface area contributed by atoms with E-state index < -0.39 is 0 Å². The molecule has 2 heteroatoms. The van der Waals surface area contributed by atoms with Crippen LogP contribution < -0.4 is 10.6 Å². The van der Waals surface area contributed by atoms with Crippen LogP contribution in [0.1, 0.15) is 36.8 Å². The third kappa shape index (κ3) is 1.93. The maximum absolute atomic E-state index is 3.69. The Hall–Kier alpha value is -1.02. The van der Waals surface area contributed by atoms with Crippen molar-refractivity contribution in [1.82, 2.24) is 5.32 Å². The molecular formula is C16H22N2. The molecule has 3 aliphatic rings. The highest BCUT2D eigenvalue weighted by Crippen LogP contribution is 2.60. The lowest BCUT2D eigenvalue weighted by atomic mass is 10.0. The molecular weight excluding hydrogens is 220 g/mol. The van der Waals surface area contributed by atoms with Gasteiger partial charge in [-0.2, -0.15) is 0 Å². The summed E-state index contributed by atoms with van der Waals surface area (Å²) in [6.07, 6.45) is 7.11. The fourth-order valence-corrected chi connectivity index (χ4v) is 3.49. The number of anilines is 1. The van der Waals surface area contributed by atoms with E-state index in [-0.39, 0.29) is 0 Å². The molecule has 18 heavy (non-hydrogen) atoms. The van der Waals surface area contributed by atoms with E-state index in [1.54, 1.807) is 0 Å². The second kappa shape index (κ2) is 3.99. The highest BCUT2D eigenvalue weighted by molar-refractivity contribution is 5.56. The van der Waals surface area contributed by atoms with Crippen LogP contribution in [-0.4, -0.2) is 13.1 Å². The first kappa shape index (κ1) is 10.9. The van der Waals surface area contributed by atoms with Crippen LogP contribution in [0.25, 0.3) is 0 Å². The summed E-state index contributed by atoms with van der Waals surface area (Å²) in [6.45, 7) is 3.38. The molecule has 0 spiro atoms. The topological polar surface area (TPSA) is 24.1 Å². The van der Waals surface area contributed by atoms with Crippen LogP contribution in [0.4, 0.5) is 5.69 Å². The maximum atomic E-state index is 3.69. The fourth-order valence-electron chi connectivity index (χ4n) is 3.49. The van der Waals surface area contributed by atoms with Gasteiger partial charge >= 0.3 is 0 Å². The van der Waals surface area contributed by atoms with Crippen LogP contribution >= 0.6 is 0 Å². The van der Waals surface area contributed by atoms with Gasteiger partial charge in [0.15, 0.2) is 0 Å². The maximum Gasteiger partial charge on any atom is 0.0376 e. The van der Waals surface area contributed by atoms with Crippen molar-refractivity contribution in [2.75, 3.05) is 18.4 Å². The zero-order valence-electron chi connectivity index (χ0n) is 11.0. The van der Waals surface area contributed by atoms with Gasteiger partial charge in [0.05, 0.1) is 0 Å². The summed E-state index contributed by atoms with van der Waals surface area (Å²) in [5.74, 6) is 1.06. The quantitative estimate of drug-likeness (QED) is 0.829. The molecule has 2 N–H and O–H groups in total. The minimum absolute atomic E-state index is 0.717. The molecule has 0 aromatic heterocycles. The van der Waals surface area contributed by atoms with Crippen molar-refractivity contribution >= 4 is 5.69 Å². The zero-order valence-corrected chi connectivity index (χ0v) is 11.0. The van der Waals surface area contributed by atoms with Crippen molar-refractivity contribution in [2.24, 2.45) is 11.3 Å². The Morgan fingerprint density at radius 2 is 2.17 bits per heavy atom. The average molecular weight is 242 g/mol. The minimum Gasteiger partial charge on any atom is -0.384 e. The average Bonchev–Trinajstić information content (AvgIpc) is 3.27. The first-order chi connectivity index (χ1) is 8.86. The molecule has 1 aromatic rings. The van der Waals surface area contributed by atoms with E-state index in [1.165, 1.54) is 55.5 Å². The Balaban J connectivity index is 1.34. The van der Waals surface area contributed by atoms with E-state index in [1.807, 2.05) is 0 Å². The largest absolute Gasteiger partial charge is 0.384 e. The first-order valence-corrected chi connectivity index (χ1v) is 7.42. The number of nitrogens with one attached hydrogen (secondary N) is 2. The van der Waals surface area contributed by atoms with Gasteiger partial charge in [-0.25, -0.2) is 0 Å². The Labute approximate surface area is 109 Å². The summed E-state index contributed by atoms with van der Waals surface area (Å²) in [6, 6.07) is 6.90. The van der Waals surface area contributed by atoms with E-state index in [9.17, 15) is 0 Å². The van der Waals surface area contributed by atoms with Crippen molar-refractivity contribution in [2.45, 2.75) is 38.6 Å². The summed E-state index contributed by atoms with van der Waals surface area (Å²) in [4.78, 5) is 0. The van der Waals surface area contributed by atoms with Gasteiger partial charge in [-0.1, -0.05) is 12.1 Å². The number of fused-ring (bicyclic) bond motifs is 1.